The standard InChI is InChI=1S/C16H19NO4/c1-4-10-5-6-13-11(7-10)12(8-21-13)15(18)17-14(9(2)3)16(19)20/h5-9,14H,4H2,1-3H3,(H,17,18)(H,19,20)/t14-/m1/s1. The van der Waals surface area contributed by atoms with Gasteiger partial charge in [-0.2, -0.15) is 0 Å². The van der Waals surface area contributed by atoms with E-state index in [2.05, 4.69) is 5.32 Å². The molecule has 2 aromatic rings. The number of benzene rings is 1. The van der Waals surface area contributed by atoms with E-state index in [1.165, 1.54) is 6.26 Å². The van der Waals surface area contributed by atoms with Crippen LogP contribution in [-0.2, 0) is 11.2 Å². The van der Waals surface area contributed by atoms with E-state index >= 15 is 0 Å². The summed E-state index contributed by atoms with van der Waals surface area (Å²) in [5, 5.41) is 12.4. The van der Waals surface area contributed by atoms with Crippen LogP contribution in [0, 0.1) is 5.92 Å². The summed E-state index contributed by atoms with van der Waals surface area (Å²) in [6.45, 7) is 5.53. The first kappa shape index (κ1) is 15.1. The van der Waals surface area contributed by atoms with E-state index in [9.17, 15) is 9.59 Å². The quantitative estimate of drug-likeness (QED) is 0.887. The van der Waals surface area contributed by atoms with Gasteiger partial charge in [0.05, 0.1) is 5.56 Å². The second-order valence-corrected chi connectivity index (χ2v) is 5.37. The number of amides is 1. The number of carbonyl (C=O) groups excluding carboxylic acids is 1. The van der Waals surface area contributed by atoms with Gasteiger partial charge in [0.1, 0.15) is 17.9 Å². The Morgan fingerprint density at radius 1 is 1.33 bits per heavy atom. The SMILES string of the molecule is CCc1ccc2occ(C(=O)N[C@@H](C(=O)O)C(C)C)c2c1. The monoisotopic (exact) mass is 289 g/mol. The molecule has 1 atom stereocenters. The molecule has 0 aliphatic carbocycles. The van der Waals surface area contributed by atoms with Crippen molar-refractivity contribution in [1.29, 1.82) is 0 Å². The van der Waals surface area contributed by atoms with Crippen LogP contribution in [0.1, 0.15) is 36.7 Å². The molecule has 0 spiro atoms. The Morgan fingerprint density at radius 3 is 2.62 bits per heavy atom. The number of aliphatic carboxylic acids is 1. The highest BCUT2D eigenvalue weighted by Gasteiger charge is 2.25. The van der Waals surface area contributed by atoms with Gasteiger partial charge in [-0.1, -0.05) is 26.8 Å². The van der Waals surface area contributed by atoms with Gasteiger partial charge in [0.25, 0.3) is 5.91 Å². The molecule has 0 saturated heterocycles. The minimum Gasteiger partial charge on any atom is -0.480 e. The number of fused-ring (bicyclic) bond motifs is 1. The van der Waals surface area contributed by atoms with Crippen LogP contribution in [0.4, 0.5) is 0 Å². The fourth-order valence-electron chi connectivity index (χ4n) is 2.20. The molecule has 1 heterocycles. The molecule has 0 bridgehead atoms. The number of hydrogen-bond acceptors (Lipinski definition) is 3. The fourth-order valence-corrected chi connectivity index (χ4v) is 2.20. The van der Waals surface area contributed by atoms with Gasteiger partial charge in [0.15, 0.2) is 0 Å². The van der Waals surface area contributed by atoms with Gasteiger partial charge in [-0.15, -0.1) is 0 Å². The number of carbonyl (C=O) groups is 2. The Labute approximate surface area is 122 Å². The second kappa shape index (κ2) is 5.99. The number of hydrogen-bond donors (Lipinski definition) is 2. The fraction of sp³-hybridized carbons (Fsp3) is 0.375. The Kier molecular flexibility index (Phi) is 4.31. The van der Waals surface area contributed by atoms with Gasteiger partial charge < -0.3 is 14.8 Å². The number of furan rings is 1. The predicted octanol–water partition coefficient (Wildman–Crippen LogP) is 2.83. The van der Waals surface area contributed by atoms with E-state index in [0.29, 0.717) is 16.5 Å². The molecule has 0 unspecified atom stereocenters. The Hall–Kier alpha value is -2.30. The highest BCUT2D eigenvalue weighted by molar-refractivity contribution is 6.07. The lowest BCUT2D eigenvalue weighted by molar-refractivity contribution is -0.140. The molecule has 2 N–H and O–H groups in total. The molecule has 0 fully saturated rings. The average Bonchev–Trinajstić information content (AvgIpc) is 2.86. The van der Waals surface area contributed by atoms with Gasteiger partial charge in [0.2, 0.25) is 0 Å². The number of aryl methyl sites for hydroxylation is 1. The van der Waals surface area contributed by atoms with Crippen LogP contribution in [0.25, 0.3) is 11.0 Å². The highest BCUT2D eigenvalue weighted by Crippen LogP contribution is 2.23. The Bertz CT molecular complexity index is 672. The van der Waals surface area contributed by atoms with Crippen molar-refractivity contribution < 1.29 is 19.1 Å². The van der Waals surface area contributed by atoms with E-state index in [0.717, 1.165) is 12.0 Å². The highest BCUT2D eigenvalue weighted by atomic mass is 16.4. The molecule has 1 aromatic carbocycles. The van der Waals surface area contributed by atoms with Crippen LogP contribution in [0.3, 0.4) is 0 Å². The van der Waals surface area contributed by atoms with Crippen LogP contribution >= 0.6 is 0 Å². The van der Waals surface area contributed by atoms with Crippen LogP contribution in [0.15, 0.2) is 28.9 Å². The average molecular weight is 289 g/mol. The number of nitrogens with one attached hydrogen (secondary N) is 1. The molecule has 1 amide bonds. The van der Waals surface area contributed by atoms with Crippen molar-refractivity contribution in [3.63, 3.8) is 0 Å². The molecule has 2 rings (SSSR count). The topological polar surface area (TPSA) is 79.5 Å². The Morgan fingerprint density at radius 2 is 2.05 bits per heavy atom. The largest absolute Gasteiger partial charge is 0.480 e. The first-order valence-electron chi connectivity index (χ1n) is 6.97. The Balaban J connectivity index is 2.33. The third-order valence-electron chi connectivity index (χ3n) is 3.51. The summed E-state index contributed by atoms with van der Waals surface area (Å²) in [5.74, 6) is -1.67. The van der Waals surface area contributed by atoms with Crippen LogP contribution in [-0.4, -0.2) is 23.0 Å². The third-order valence-corrected chi connectivity index (χ3v) is 3.51. The van der Waals surface area contributed by atoms with Gasteiger partial charge in [0, 0.05) is 5.39 Å². The van der Waals surface area contributed by atoms with E-state index < -0.39 is 17.9 Å². The lowest BCUT2D eigenvalue weighted by Gasteiger charge is -2.17. The van der Waals surface area contributed by atoms with Crippen LogP contribution in [0.2, 0.25) is 0 Å². The van der Waals surface area contributed by atoms with Crippen molar-refractivity contribution in [2.45, 2.75) is 33.2 Å². The van der Waals surface area contributed by atoms with Crippen molar-refractivity contribution in [2.24, 2.45) is 5.92 Å². The normalized spacial score (nSPS) is 12.6. The summed E-state index contributed by atoms with van der Waals surface area (Å²) in [4.78, 5) is 23.5. The summed E-state index contributed by atoms with van der Waals surface area (Å²) in [7, 11) is 0. The molecule has 21 heavy (non-hydrogen) atoms. The zero-order valence-electron chi connectivity index (χ0n) is 12.3. The number of carboxylic acid groups (broad SMARTS) is 1. The molecular weight excluding hydrogens is 270 g/mol. The van der Waals surface area contributed by atoms with Crippen molar-refractivity contribution in [3.05, 3.63) is 35.6 Å². The zero-order chi connectivity index (χ0) is 15.6. The van der Waals surface area contributed by atoms with Crippen LogP contribution < -0.4 is 5.32 Å². The molecule has 0 saturated carbocycles. The van der Waals surface area contributed by atoms with E-state index in [1.807, 2.05) is 25.1 Å². The lowest BCUT2D eigenvalue weighted by atomic mass is 10.0. The first-order chi connectivity index (χ1) is 9.93. The van der Waals surface area contributed by atoms with E-state index in [4.69, 9.17) is 9.52 Å². The molecule has 0 aliphatic heterocycles. The first-order valence-corrected chi connectivity index (χ1v) is 6.97. The molecule has 0 radical (unpaired) electrons. The maximum absolute atomic E-state index is 12.3. The smallest absolute Gasteiger partial charge is 0.326 e. The summed E-state index contributed by atoms with van der Waals surface area (Å²) in [6, 6.07) is 4.75. The van der Waals surface area contributed by atoms with E-state index in [1.54, 1.807) is 13.8 Å². The van der Waals surface area contributed by atoms with Gasteiger partial charge in [-0.3, -0.25) is 4.79 Å². The van der Waals surface area contributed by atoms with Gasteiger partial charge in [-0.25, -0.2) is 4.79 Å². The van der Waals surface area contributed by atoms with Gasteiger partial charge in [-0.05, 0) is 30.0 Å². The summed E-state index contributed by atoms with van der Waals surface area (Å²) >= 11 is 0. The molecule has 0 aliphatic rings. The lowest BCUT2D eigenvalue weighted by Crippen LogP contribution is -2.44. The van der Waals surface area contributed by atoms with Crippen molar-refractivity contribution in [2.75, 3.05) is 0 Å². The summed E-state index contributed by atoms with van der Waals surface area (Å²) in [6.07, 6.45) is 2.23. The second-order valence-electron chi connectivity index (χ2n) is 5.37. The maximum Gasteiger partial charge on any atom is 0.326 e. The van der Waals surface area contributed by atoms with E-state index in [-0.39, 0.29) is 5.92 Å². The number of carboxylic acids is 1. The molecular formula is C16H19NO4. The summed E-state index contributed by atoms with van der Waals surface area (Å²) in [5.41, 5.74) is 2.08. The van der Waals surface area contributed by atoms with Crippen molar-refractivity contribution >= 4 is 22.8 Å². The van der Waals surface area contributed by atoms with Crippen molar-refractivity contribution in [3.8, 4) is 0 Å². The molecule has 5 nitrogen and oxygen atoms in total. The molecule has 5 heteroatoms. The predicted molar refractivity (Wildman–Crippen MR) is 79.3 cm³/mol. The van der Waals surface area contributed by atoms with Crippen LogP contribution in [0.5, 0.6) is 0 Å². The molecule has 112 valence electrons. The maximum atomic E-state index is 12.3. The minimum absolute atomic E-state index is 0.198. The minimum atomic E-state index is -1.04. The van der Waals surface area contributed by atoms with Crippen molar-refractivity contribution in [1.82, 2.24) is 5.32 Å². The zero-order valence-corrected chi connectivity index (χ0v) is 12.3. The molecule has 1 aromatic heterocycles. The number of rotatable bonds is 5. The summed E-state index contributed by atoms with van der Waals surface area (Å²) < 4.78 is 5.36. The van der Waals surface area contributed by atoms with Gasteiger partial charge >= 0.3 is 5.97 Å². The third kappa shape index (κ3) is 3.07.